The fourth-order valence-electron chi connectivity index (χ4n) is 2.24. The lowest BCUT2D eigenvalue weighted by molar-refractivity contribution is -0.117. The number of hydrogen-bond acceptors (Lipinski definition) is 3. The van der Waals surface area contributed by atoms with Gasteiger partial charge in [0.1, 0.15) is 0 Å². The summed E-state index contributed by atoms with van der Waals surface area (Å²) in [4.78, 5) is 27.6. The van der Waals surface area contributed by atoms with E-state index in [2.05, 4.69) is 10.6 Å². The summed E-state index contributed by atoms with van der Waals surface area (Å²) in [6, 6.07) is 7.61. The van der Waals surface area contributed by atoms with Crippen LogP contribution in [0.4, 0.5) is 16.2 Å². The average molecular weight is 304 g/mol. The molecular weight excluding hydrogens is 280 g/mol. The summed E-state index contributed by atoms with van der Waals surface area (Å²) in [6.07, 6.45) is 0.918. The van der Waals surface area contributed by atoms with Gasteiger partial charge < -0.3 is 10.6 Å². The molecule has 0 aliphatic carbocycles. The summed E-state index contributed by atoms with van der Waals surface area (Å²) in [5, 5.41) is 5.71. The second-order valence-electron chi connectivity index (χ2n) is 5.84. The number of hydrogen-bond donors (Lipinski definition) is 2. The molecule has 0 radical (unpaired) electrons. The fraction of sp³-hybridized carbons (Fsp3) is 0.500. The van der Waals surface area contributed by atoms with Gasteiger partial charge in [0, 0.05) is 30.5 Å². The van der Waals surface area contributed by atoms with Gasteiger partial charge in [0.25, 0.3) is 0 Å². The Morgan fingerprint density at radius 3 is 2.91 bits per heavy atom. The third kappa shape index (κ3) is 4.21. The Labute approximate surface area is 131 Å². The number of carbonyl (C=O) groups excluding carboxylic acids is 2. The average Bonchev–Trinajstić information content (AvgIpc) is 2.47. The van der Waals surface area contributed by atoms with E-state index in [1.165, 1.54) is 0 Å². The van der Waals surface area contributed by atoms with Gasteiger partial charge in [-0.25, -0.2) is 4.79 Å². The Morgan fingerprint density at radius 1 is 1.45 bits per heavy atom. The quantitative estimate of drug-likeness (QED) is 0.873. The smallest absolute Gasteiger partial charge is 0.321 e. The van der Waals surface area contributed by atoms with Gasteiger partial charge in [-0.05, 0) is 45.5 Å². The largest absolute Gasteiger partial charge is 0.338 e. The van der Waals surface area contributed by atoms with Gasteiger partial charge in [0.05, 0.1) is 6.54 Å². The highest BCUT2D eigenvalue weighted by Crippen LogP contribution is 2.21. The molecule has 0 saturated carbocycles. The zero-order chi connectivity index (χ0) is 16.1. The molecule has 0 bridgehead atoms. The van der Waals surface area contributed by atoms with E-state index in [9.17, 15) is 9.59 Å². The normalized spacial score (nSPS) is 15.1. The molecule has 22 heavy (non-hydrogen) atoms. The molecule has 6 heteroatoms. The highest BCUT2D eigenvalue weighted by molar-refractivity contribution is 5.95. The molecule has 2 N–H and O–H groups in total. The van der Waals surface area contributed by atoms with Crippen molar-refractivity contribution in [3.8, 4) is 0 Å². The first kappa shape index (κ1) is 16.3. The topological polar surface area (TPSA) is 64.7 Å². The highest BCUT2D eigenvalue weighted by atomic mass is 16.2. The molecule has 0 aromatic heterocycles. The van der Waals surface area contributed by atoms with Gasteiger partial charge in [0.15, 0.2) is 0 Å². The van der Waals surface area contributed by atoms with E-state index in [1.54, 1.807) is 4.90 Å². The molecule has 0 atom stereocenters. The Bertz CT molecular complexity index is 545. The van der Waals surface area contributed by atoms with Crippen molar-refractivity contribution >= 4 is 23.3 Å². The van der Waals surface area contributed by atoms with Crippen molar-refractivity contribution in [1.29, 1.82) is 0 Å². The SMILES string of the molecule is CC(C)N(C)CC(=O)Nc1cccc(N2CCCNC2=O)c1. The third-order valence-corrected chi connectivity index (χ3v) is 3.80. The summed E-state index contributed by atoms with van der Waals surface area (Å²) in [6.45, 7) is 5.84. The number of likely N-dealkylation sites (N-methyl/N-ethyl adjacent to an activating group) is 1. The number of carbonyl (C=O) groups is 2. The molecule has 1 aromatic rings. The lowest BCUT2D eigenvalue weighted by Gasteiger charge is -2.27. The van der Waals surface area contributed by atoms with Crippen LogP contribution in [0, 0.1) is 0 Å². The van der Waals surface area contributed by atoms with E-state index in [1.807, 2.05) is 50.1 Å². The molecule has 1 fully saturated rings. The molecule has 1 saturated heterocycles. The van der Waals surface area contributed by atoms with Gasteiger partial charge in [-0.2, -0.15) is 0 Å². The van der Waals surface area contributed by atoms with Crippen LogP contribution in [0.15, 0.2) is 24.3 Å². The Hall–Kier alpha value is -2.08. The number of rotatable bonds is 5. The van der Waals surface area contributed by atoms with E-state index in [0.717, 1.165) is 12.1 Å². The Morgan fingerprint density at radius 2 is 2.23 bits per heavy atom. The minimum Gasteiger partial charge on any atom is -0.338 e. The number of nitrogens with one attached hydrogen (secondary N) is 2. The number of anilines is 2. The van der Waals surface area contributed by atoms with Crippen LogP contribution in [0.1, 0.15) is 20.3 Å². The second kappa shape index (κ2) is 7.26. The van der Waals surface area contributed by atoms with Crippen LogP contribution in [0.2, 0.25) is 0 Å². The maximum atomic E-state index is 12.0. The summed E-state index contributed by atoms with van der Waals surface area (Å²) < 4.78 is 0. The van der Waals surface area contributed by atoms with Gasteiger partial charge in [-0.15, -0.1) is 0 Å². The molecule has 1 heterocycles. The molecular formula is C16H24N4O2. The van der Waals surface area contributed by atoms with E-state index in [4.69, 9.17) is 0 Å². The van der Waals surface area contributed by atoms with E-state index in [-0.39, 0.29) is 11.9 Å². The monoisotopic (exact) mass is 304 g/mol. The number of amides is 3. The minimum absolute atomic E-state index is 0.0588. The van der Waals surface area contributed by atoms with Crippen molar-refractivity contribution in [3.63, 3.8) is 0 Å². The summed E-state index contributed by atoms with van der Waals surface area (Å²) in [5.41, 5.74) is 1.50. The first-order valence-corrected chi connectivity index (χ1v) is 7.63. The zero-order valence-corrected chi connectivity index (χ0v) is 13.4. The van der Waals surface area contributed by atoms with Crippen molar-refractivity contribution in [2.45, 2.75) is 26.3 Å². The predicted octanol–water partition coefficient (Wildman–Crippen LogP) is 1.89. The molecule has 1 aliphatic rings. The molecule has 1 aromatic carbocycles. The lowest BCUT2D eigenvalue weighted by atomic mass is 10.2. The molecule has 1 aliphatic heterocycles. The summed E-state index contributed by atoms with van der Waals surface area (Å²) in [5.74, 6) is -0.0588. The van der Waals surface area contributed by atoms with Gasteiger partial charge in [0.2, 0.25) is 5.91 Å². The molecule has 3 amide bonds. The maximum absolute atomic E-state index is 12.0. The number of benzene rings is 1. The second-order valence-corrected chi connectivity index (χ2v) is 5.84. The van der Waals surface area contributed by atoms with Crippen molar-refractivity contribution in [3.05, 3.63) is 24.3 Å². The number of nitrogens with zero attached hydrogens (tertiary/aromatic N) is 2. The summed E-state index contributed by atoms with van der Waals surface area (Å²) in [7, 11) is 1.92. The lowest BCUT2D eigenvalue weighted by Crippen LogP contribution is -2.46. The van der Waals surface area contributed by atoms with Crippen molar-refractivity contribution in [2.24, 2.45) is 0 Å². The van der Waals surface area contributed by atoms with E-state index in [0.29, 0.717) is 31.4 Å². The molecule has 2 rings (SSSR count). The minimum atomic E-state index is -0.0886. The third-order valence-electron chi connectivity index (χ3n) is 3.80. The van der Waals surface area contributed by atoms with Crippen LogP contribution in [-0.4, -0.2) is 49.6 Å². The van der Waals surface area contributed by atoms with Crippen LogP contribution in [-0.2, 0) is 4.79 Å². The van der Waals surface area contributed by atoms with Crippen LogP contribution in [0.3, 0.4) is 0 Å². The van der Waals surface area contributed by atoms with Crippen LogP contribution >= 0.6 is 0 Å². The van der Waals surface area contributed by atoms with E-state index >= 15 is 0 Å². The predicted molar refractivity (Wildman–Crippen MR) is 88.2 cm³/mol. The molecule has 120 valence electrons. The van der Waals surface area contributed by atoms with Crippen molar-refractivity contribution < 1.29 is 9.59 Å². The maximum Gasteiger partial charge on any atom is 0.321 e. The summed E-state index contributed by atoms with van der Waals surface area (Å²) >= 11 is 0. The Balaban J connectivity index is 2.02. The standard InChI is InChI=1S/C16H24N4O2/c1-12(2)19(3)11-15(21)18-13-6-4-7-14(10-13)20-9-5-8-17-16(20)22/h4,6-7,10,12H,5,8-9,11H2,1-3H3,(H,17,22)(H,18,21). The van der Waals surface area contributed by atoms with Gasteiger partial charge in [-0.1, -0.05) is 6.07 Å². The Kier molecular flexibility index (Phi) is 5.38. The van der Waals surface area contributed by atoms with E-state index < -0.39 is 0 Å². The molecule has 0 spiro atoms. The van der Waals surface area contributed by atoms with Gasteiger partial charge >= 0.3 is 6.03 Å². The van der Waals surface area contributed by atoms with Crippen molar-refractivity contribution in [2.75, 3.05) is 36.9 Å². The van der Waals surface area contributed by atoms with Crippen LogP contribution in [0.25, 0.3) is 0 Å². The molecule has 6 nitrogen and oxygen atoms in total. The highest BCUT2D eigenvalue weighted by Gasteiger charge is 2.19. The first-order chi connectivity index (χ1) is 10.5. The van der Waals surface area contributed by atoms with Crippen molar-refractivity contribution in [1.82, 2.24) is 10.2 Å². The first-order valence-electron chi connectivity index (χ1n) is 7.63. The fourth-order valence-corrected chi connectivity index (χ4v) is 2.24. The molecule has 0 unspecified atom stereocenters. The number of urea groups is 1. The van der Waals surface area contributed by atoms with Crippen LogP contribution in [0.5, 0.6) is 0 Å². The van der Waals surface area contributed by atoms with Crippen LogP contribution < -0.4 is 15.5 Å². The zero-order valence-electron chi connectivity index (χ0n) is 13.4. The van der Waals surface area contributed by atoms with Gasteiger partial charge in [-0.3, -0.25) is 14.6 Å².